The van der Waals surface area contributed by atoms with Crippen LogP contribution in [0.2, 0.25) is 0 Å². The van der Waals surface area contributed by atoms with Crippen molar-refractivity contribution in [1.82, 2.24) is 0 Å². The molecule has 32 heavy (non-hydrogen) atoms. The molecule has 1 aliphatic carbocycles. The van der Waals surface area contributed by atoms with Crippen molar-refractivity contribution in [3.8, 4) is 0 Å². The molecule has 0 amide bonds. The van der Waals surface area contributed by atoms with E-state index in [1.54, 1.807) is 17.2 Å². The van der Waals surface area contributed by atoms with Gasteiger partial charge in [-0.05, 0) is 94.6 Å². The van der Waals surface area contributed by atoms with Gasteiger partial charge in [-0.1, -0.05) is 42.5 Å². The van der Waals surface area contributed by atoms with E-state index in [1.807, 2.05) is 17.4 Å². The summed E-state index contributed by atoms with van der Waals surface area (Å²) in [4.78, 5) is 1.45. The van der Waals surface area contributed by atoms with Crippen molar-refractivity contribution in [3.05, 3.63) is 93.4 Å². The Balaban J connectivity index is 1.28. The van der Waals surface area contributed by atoms with Gasteiger partial charge in [-0.25, -0.2) is 0 Å². The van der Waals surface area contributed by atoms with Crippen LogP contribution in [0.3, 0.4) is 0 Å². The number of hydrogen-bond donors (Lipinski definition) is 0. The maximum atomic E-state index is 13.9. The second-order valence-electron chi connectivity index (χ2n) is 8.98. The van der Waals surface area contributed by atoms with E-state index in [0.717, 1.165) is 28.3 Å². The molecule has 0 saturated carbocycles. The third kappa shape index (κ3) is 2.99. The topological polar surface area (TPSA) is 0 Å². The standard InChI is InChI=1S/C29H21FS2/c30-27-16-23-10-8-21-14-25-20(15-26(21)29(23)32-27)7-9-22-13-24(31-28(22)25)11-5-17-4-6-18-2-1-3-19(18)12-17/h4,6-10,12-16H,1-3,5,11H2. The lowest BCUT2D eigenvalue weighted by Crippen LogP contribution is -1.91. The lowest BCUT2D eigenvalue weighted by atomic mass is 10.0. The van der Waals surface area contributed by atoms with Crippen molar-refractivity contribution in [1.29, 1.82) is 0 Å². The third-order valence-electron chi connectivity index (χ3n) is 6.96. The Kier molecular flexibility index (Phi) is 4.18. The zero-order valence-electron chi connectivity index (χ0n) is 17.6. The molecule has 3 heteroatoms. The van der Waals surface area contributed by atoms with Crippen LogP contribution in [0.5, 0.6) is 0 Å². The van der Waals surface area contributed by atoms with E-state index in [0.29, 0.717) is 0 Å². The first-order valence-corrected chi connectivity index (χ1v) is 12.9. The first-order chi connectivity index (χ1) is 15.7. The SMILES string of the molecule is Fc1cc2ccc3cc4c(ccc5cc(CCc6ccc7c(c6)CCC7)sc54)cc3c2s1. The molecule has 0 atom stereocenters. The lowest BCUT2D eigenvalue weighted by Gasteiger charge is -2.05. The van der Waals surface area contributed by atoms with Crippen LogP contribution in [0, 0.1) is 5.13 Å². The Morgan fingerprint density at radius 2 is 1.31 bits per heavy atom. The van der Waals surface area contributed by atoms with Gasteiger partial charge in [0.1, 0.15) is 0 Å². The summed E-state index contributed by atoms with van der Waals surface area (Å²) < 4.78 is 16.3. The van der Waals surface area contributed by atoms with Gasteiger partial charge >= 0.3 is 0 Å². The molecule has 7 rings (SSSR count). The Hall–Kier alpha value is -2.75. The maximum absolute atomic E-state index is 13.9. The Morgan fingerprint density at radius 3 is 2.12 bits per heavy atom. The van der Waals surface area contributed by atoms with Crippen LogP contribution >= 0.6 is 22.7 Å². The smallest absolute Gasteiger partial charge is 0.177 e. The van der Waals surface area contributed by atoms with E-state index in [1.165, 1.54) is 67.3 Å². The molecule has 2 aromatic heterocycles. The molecule has 0 aliphatic heterocycles. The first kappa shape index (κ1) is 18.8. The predicted octanol–water partition coefficient (Wildman–Crippen LogP) is 8.84. The molecule has 4 aromatic carbocycles. The van der Waals surface area contributed by atoms with Crippen LogP contribution in [0.15, 0.2) is 66.7 Å². The third-order valence-corrected chi connectivity index (χ3v) is 9.18. The summed E-state index contributed by atoms with van der Waals surface area (Å²) in [7, 11) is 0. The van der Waals surface area contributed by atoms with Gasteiger partial charge in [0.25, 0.3) is 0 Å². The molecular weight excluding hydrogens is 431 g/mol. The van der Waals surface area contributed by atoms with Crippen molar-refractivity contribution in [2.45, 2.75) is 32.1 Å². The molecule has 0 N–H and O–H groups in total. The molecular formula is C29H21FS2. The molecule has 0 saturated heterocycles. The minimum Gasteiger partial charge on any atom is -0.195 e. The van der Waals surface area contributed by atoms with Gasteiger partial charge in [-0.15, -0.1) is 22.7 Å². The Bertz CT molecular complexity index is 1670. The Morgan fingerprint density at radius 1 is 0.625 bits per heavy atom. The highest BCUT2D eigenvalue weighted by Gasteiger charge is 2.13. The molecule has 1 aliphatic rings. The van der Waals surface area contributed by atoms with Crippen LogP contribution in [0.1, 0.15) is 28.0 Å². The monoisotopic (exact) mass is 452 g/mol. The predicted molar refractivity (Wildman–Crippen MR) is 138 cm³/mol. The van der Waals surface area contributed by atoms with E-state index in [4.69, 9.17) is 0 Å². The van der Waals surface area contributed by atoms with Crippen molar-refractivity contribution in [2.75, 3.05) is 0 Å². The van der Waals surface area contributed by atoms with Crippen LogP contribution in [-0.4, -0.2) is 0 Å². The van der Waals surface area contributed by atoms with Crippen LogP contribution in [0.25, 0.3) is 41.7 Å². The number of rotatable bonds is 3. The second-order valence-corrected chi connectivity index (χ2v) is 11.1. The minimum atomic E-state index is -0.116. The summed E-state index contributed by atoms with van der Waals surface area (Å²) in [6, 6.07) is 24.3. The normalized spacial score (nSPS) is 13.7. The average Bonchev–Trinajstić information content (AvgIpc) is 3.53. The molecule has 0 fully saturated rings. The molecule has 0 unspecified atom stereocenters. The van der Waals surface area contributed by atoms with Crippen molar-refractivity contribution in [2.24, 2.45) is 0 Å². The summed E-state index contributed by atoms with van der Waals surface area (Å²) in [5.74, 6) is 0. The summed E-state index contributed by atoms with van der Waals surface area (Å²) in [5, 5.41) is 7.08. The molecule has 0 nitrogen and oxygen atoms in total. The average molecular weight is 453 g/mol. The van der Waals surface area contributed by atoms with Crippen molar-refractivity contribution in [3.63, 3.8) is 0 Å². The van der Waals surface area contributed by atoms with Crippen molar-refractivity contribution < 1.29 is 4.39 Å². The number of halogens is 1. The van der Waals surface area contributed by atoms with E-state index in [9.17, 15) is 4.39 Å². The lowest BCUT2D eigenvalue weighted by molar-refractivity contribution is 0.658. The van der Waals surface area contributed by atoms with Gasteiger partial charge in [0.15, 0.2) is 5.13 Å². The van der Waals surface area contributed by atoms with Gasteiger partial charge in [-0.3, -0.25) is 0 Å². The largest absolute Gasteiger partial charge is 0.195 e. The van der Waals surface area contributed by atoms with E-state index in [2.05, 4.69) is 54.6 Å². The van der Waals surface area contributed by atoms with E-state index in [-0.39, 0.29) is 5.13 Å². The zero-order chi connectivity index (χ0) is 21.2. The number of hydrogen-bond acceptors (Lipinski definition) is 2. The minimum absolute atomic E-state index is 0.116. The summed E-state index contributed by atoms with van der Waals surface area (Å²) in [5.41, 5.74) is 4.58. The fourth-order valence-electron chi connectivity index (χ4n) is 5.33. The number of thiophene rings is 2. The van der Waals surface area contributed by atoms with Crippen LogP contribution < -0.4 is 0 Å². The molecule has 6 aromatic rings. The number of benzene rings is 4. The fourth-order valence-corrected chi connectivity index (χ4v) is 7.43. The molecule has 156 valence electrons. The van der Waals surface area contributed by atoms with E-state index >= 15 is 0 Å². The highest BCUT2D eigenvalue weighted by molar-refractivity contribution is 7.20. The summed E-state index contributed by atoms with van der Waals surface area (Å²) in [6.07, 6.45) is 5.99. The quantitative estimate of drug-likeness (QED) is 0.235. The van der Waals surface area contributed by atoms with Gasteiger partial charge in [0.2, 0.25) is 0 Å². The molecule has 0 spiro atoms. The summed E-state index contributed by atoms with van der Waals surface area (Å²) >= 11 is 3.18. The van der Waals surface area contributed by atoms with Crippen molar-refractivity contribution >= 4 is 64.4 Å². The van der Waals surface area contributed by atoms with Crippen LogP contribution in [-0.2, 0) is 25.7 Å². The van der Waals surface area contributed by atoms with Gasteiger partial charge < -0.3 is 0 Å². The number of aryl methyl sites for hydroxylation is 4. The number of fused-ring (bicyclic) bond motifs is 7. The van der Waals surface area contributed by atoms with Gasteiger partial charge in [0, 0.05) is 25.0 Å². The highest BCUT2D eigenvalue weighted by atomic mass is 32.1. The maximum Gasteiger partial charge on any atom is 0.177 e. The first-order valence-electron chi connectivity index (χ1n) is 11.3. The fraction of sp³-hybridized carbons (Fsp3) is 0.172. The molecule has 0 radical (unpaired) electrons. The van der Waals surface area contributed by atoms with Gasteiger partial charge in [0.05, 0.1) is 0 Å². The second kappa shape index (κ2) is 7.13. The summed E-state index contributed by atoms with van der Waals surface area (Å²) in [6.45, 7) is 0. The Labute approximate surface area is 193 Å². The van der Waals surface area contributed by atoms with E-state index < -0.39 is 0 Å². The zero-order valence-corrected chi connectivity index (χ0v) is 19.2. The molecule has 0 bridgehead atoms. The molecule has 2 heterocycles. The van der Waals surface area contributed by atoms with Gasteiger partial charge in [-0.2, -0.15) is 4.39 Å². The van der Waals surface area contributed by atoms with Crippen LogP contribution in [0.4, 0.5) is 4.39 Å². The highest BCUT2D eigenvalue weighted by Crippen LogP contribution is 2.38.